The minimum atomic E-state index is -4.50. The van der Waals surface area contributed by atoms with Crippen molar-refractivity contribution in [3.05, 3.63) is 42.0 Å². The van der Waals surface area contributed by atoms with E-state index in [2.05, 4.69) is 25.2 Å². The van der Waals surface area contributed by atoms with Crippen molar-refractivity contribution < 1.29 is 17.9 Å². The number of nitrogens with zero attached hydrogens (tertiary/aromatic N) is 5. The number of alkyl halides is 3. The Hall–Kier alpha value is -3.31. The zero-order valence-electron chi connectivity index (χ0n) is 18.6. The minimum Gasteiger partial charge on any atom is -0.373 e. The molecule has 2 atom stereocenters. The van der Waals surface area contributed by atoms with Crippen LogP contribution in [0, 0.1) is 0 Å². The molecule has 6 heterocycles. The van der Waals surface area contributed by atoms with Crippen LogP contribution in [-0.2, 0) is 10.9 Å². The Morgan fingerprint density at radius 1 is 1.11 bits per heavy atom. The number of fused-ring (bicyclic) bond motifs is 3. The number of morpholine rings is 1. The summed E-state index contributed by atoms with van der Waals surface area (Å²) in [6.07, 6.45) is 2.85. The van der Waals surface area contributed by atoms with E-state index in [1.165, 1.54) is 6.20 Å². The Balaban J connectivity index is 1.42. The molecule has 7 rings (SSSR count). The quantitative estimate of drug-likeness (QED) is 0.462. The standard InChI is InChI=1S/C24H22F3N7O/c25-24(26,27)19-7-14-13(3-4-30-21(14)32-19)22-31-16-9-28-8-15(12-1-2-12)20(16)23(33-22)34-10-17-18(11-34)35-6-5-29-17/h3-4,7-9,12,17-18,29H,1-2,5-6,10-11H2,(H,30,32). The second kappa shape index (κ2) is 7.59. The molecule has 11 heteroatoms. The topological polar surface area (TPSA) is 91.8 Å². The lowest BCUT2D eigenvalue weighted by Gasteiger charge is -2.25. The molecular formula is C24H22F3N7O. The monoisotopic (exact) mass is 481 g/mol. The zero-order chi connectivity index (χ0) is 23.7. The summed E-state index contributed by atoms with van der Waals surface area (Å²) in [5, 5.41) is 4.83. The molecule has 4 aromatic heterocycles. The molecule has 35 heavy (non-hydrogen) atoms. The van der Waals surface area contributed by atoms with Crippen molar-refractivity contribution >= 4 is 27.8 Å². The molecule has 2 saturated heterocycles. The summed E-state index contributed by atoms with van der Waals surface area (Å²) in [7, 11) is 0. The van der Waals surface area contributed by atoms with Crippen LogP contribution in [-0.4, -0.2) is 63.3 Å². The van der Waals surface area contributed by atoms with Crippen LogP contribution >= 0.6 is 0 Å². The summed E-state index contributed by atoms with van der Waals surface area (Å²) in [6, 6.07) is 2.94. The number of rotatable bonds is 3. The Kier molecular flexibility index (Phi) is 4.56. The van der Waals surface area contributed by atoms with Gasteiger partial charge in [-0.3, -0.25) is 4.98 Å². The number of ether oxygens (including phenoxy) is 1. The van der Waals surface area contributed by atoms with Crippen LogP contribution in [0.25, 0.3) is 33.3 Å². The number of aromatic nitrogens is 5. The largest absolute Gasteiger partial charge is 0.431 e. The van der Waals surface area contributed by atoms with Crippen LogP contribution < -0.4 is 10.2 Å². The van der Waals surface area contributed by atoms with Crippen molar-refractivity contribution in [2.24, 2.45) is 0 Å². The van der Waals surface area contributed by atoms with E-state index in [4.69, 9.17) is 14.7 Å². The molecule has 0 bridgehead atoms. The Morgan fingerprint density at radius 3 is 2.80 bits per heavy atom. The van der Waals surface area contributed by atoms with Gasteiger partial charge in [0.2, 0.25) is 0 Å². The molecule has 0 amide bonds. The van der Waals surface area contributed by atoms with Gasteiger partial charge < -0.3 is 19.9 Å². The highest BCUT2D eigenvalue weighted by Gasteiger charge is 2.38. The van der Waals surface area contributed by atoms with Gasteiger partial charge in [0.05, 0.1) is 30.5 Å². The smallest absolute Gasteiger partial charge is 0.373 e. The molecule has 1 saturated carbocycles. The normalized spacial score (nSPS) is 22.8. The van der Waals surface area contributed by atoms with Gasteiger partial charge >= 0.3 is 6.18 Å². The second-order valence-corrected chi connectivity index (χ2v) is 9.44. The molecule has 4 aromatic rings. The van der Waals surface area contributed by atoms with Gasteiger partial charge in [-0.2, -0.15) is 13.2 Å². The highest BCUT2D eigenvalue weighted by atomic mass is 19.4. The third-order valence-corrected chi connectivity index (χ3v) is 7.12. The molecular weight excluding hydrogens is 459 g/mol. The summed E-state index contributed by atoms with van der Waals surface area (Å²) < 4.78 is 46.1. The van der Waals surface area contributed by atoms with Gasteiger partial charge in [-0.15, -0.1) is 0 Å². The number of halogens is 3. The van der Waals surface area contributed by atoms with E-state index in [0.717, 1.165) is 48.8 Å². The first kappa shape index (κ1) is 21.0. The van der Waals surface area contributed by atoms with Crippen molar-refractivity contribution in [2.75, 3.05) is 31.1 Å². The Bertz CT molecular complexity index is 1430. The van der Waals surface area contributed by atoms with E-state index < -0.39 is 11.9 Å². The average Bonchev–Trinajstić information content (AvgIpc) is 3.44. The fraction of sp³-hybridized carbons (Fsp3) is 0.417. The molecule has 3 fully saturated rings. The van der Waals surface area contributed by atoms with Gasteiger partial charge in [0.15, 0.2) is 5.82 Å². The van der Waals surface area contributed by atoms with Gasteiger partial charge in [-0.05, 0) is 36.5 Å². The molecule has 8 nitrogen and oxygen atoms in total. The lowest BCUT2D eigenvalue weighted by atomic mass is 10.1. The summed E-state index contributed by atoms with van der Waals surface area (Å²) in [5.74, 6) is 1.57. The van der Waals surface area contributed by atoms with E-state index >= 15 is 0 Å². The molecule has 2 unspecified atom stereocenters. The number of hydrogen-bond acceptors (Lipinski definition) is 7. The molecule has 3 aliphatic rings. The third-order valence-electron chi connectivity index (χ3n) is 7.12. The number of aromatic amines is 1. The third kappa shape index (κ3) is 3.52. The second-order valence-electron chi connectivity index (χ2n) is 9.44. The first-order valence-corrected chi connectivity index (χ1v) is 11.8. The number of nitrogens with one attached hydrogen (secondary N) is 2. The van der Waals surface area contributed by atoms with Gasteiger partial charge in [0, 0.05) is 48.4 Å². The van der Waals surface area contributed by atoms with Gasteiger partial charge in [0.25, 0.3) is 0 Å². The van der Waals surface area contributed by atoms with E-state index in [9.17, 15) is 13.2 Å². The zero-order valence-corrected chi connectivity index (χ0v) is 18.6. The number of anilines is 1. The predicted molar refractivity (Wildman–Crippen MR) is 123 cm³/mol. The van der Waals surface area contributed by atoms with Crippen LogP contribution in [0.3, 0.4) is 0 Å². The average molecular weight is 481 g/mol. The maximum Gasteiger partial charge on any atom is 0.431 e. The van der Waals surface area contributed by atoms with Crippen molar-refractivity contribution in [1.82, 2.24) is 30.2 Å². The highest BCUT2D eigenvalue weighted by Crippen LogP contribution is 2.45. The molecule has 2 N–H and O–H groups in total. The predicted octanol–water partition coefficient (Wildman–Crippen LogP) is 3.64. The van der Waals surface area contributed by atoms with Crippen LogP contribution in [0.15, 0.2) is 30.7 Å². The molecule has 1 aliphatic carbocycles. The van der Waals surface area contributed by atoms with Crippen LogP contribution in [0.1, 0.15) is 30.0 Å². The minimum absolute atomic E-state index is 0.0649. The van der Waals surface area contributed by atoms with E-state index in [1.54, 1.807) is 12.3 Å². The first-order chi connectivity index (χ1) is 17.0. The molecule has 0 aromatic carbocycles. The summed E-state index contributed by atoms with van der Waals surface area (Å²) in [5.41, 5.74) is 1.61. The Labute approximate surface area is 197 Å². The van der Waals surface area contributed by atoms with Crippen molar-refractivity contribution in [3.63, 3.8) is 0 Å². The van der Waals surface area contributed by atoms with Gasteiger partial charge in [-0.1, -0.05) is 0 Å². The molecule has 0 radical (unpaired) electrons. The van der Waals surface area contributed by atoms with E-state index in [0.29, 0.717) is 41.4 Å². The SMILES string of the molecule is FC(F)(F)c1cc2c(-c3nc(N4CC5NCCOC5C4)c4c(C5CC5)cncc4n3)ccnc2[nH]1. The molecule has 0 spiro atoms. The van der Waals surface area contributed by atoms with Crippen molar-refractivity contribution in [2.45, 2.75) is 37.1 Å². The summed E-state index contributed by atoms with van der Waals surface area (Å²) in [4.78, 5) is 22.9. The number of pyridine rings is 2. The Morgan fingerprint density at radius 2 is 2.00 bits per heavy atom. The van der Waals surface area contributed by atoms with Gasteiger partial charge in [-0.25, -0.2) is 15.0 Å². The maximum absolute atomic E-state index is 13.4. The highest BCUT2D eigenvalue weighted by molar-refractivity contribution is 5.97. The molecule has 180 valence electrons. The summed E-state index contributed by atoms with van der Waals surface area (Å²) >= 11 is 0. The van der Waals surface area contributed by atoms with Crippen LogP contribution in [0.2, 0.25) is 0 Å². The fourth-order valence-electron chi connectivity index (χ4n) is 5.28. The first-order valence-electron chi connectivity index (χ1n) is 11.8. The molecule has 2 aliphatic heterocycles. The van der Waals surface area contributed by atoms with Crippen LogP contribution in [0.5, 0.6) is 0 Å². The number of H-pyrrole nitrogens is 1. The summed E-state index contributed by atoms with van der Waals surface area (Å²) in [6.45, 7) is 2.90. The van der Waals surface area contributed by atoms with Crippen LogP contribution in [0.4, 0.5) is 19.0 Å². The van der Waals surface area contributed by atoms with E-state index in [-0.39, 0.29) is 17.8 Å². The van der Waals surface area contributed by atoms with Crippen molar-refractivity contribution in [1.29, 1.82) is 0 Å². The fourth-order valence-corrected chi connectivity index (χ4v) is 5.28. The lowest BCUT2D eigenvalue weighted by Crippen LogP contribution is -2.47. The van der Waals surface area contributed by atoms with Gasteiger partial charge in [0.1, 0.15) is 17.2 Å². The maximum atomic E-state index is 13.4. The lowest BCUT2D eigenvalue weighted by molar-refractivity contribution is -0.140. The van der Waals surface area contributed by atoms with E-state index in [1.807, 2.05) is 6.20 Å². The number of hydrogen-bond donors (Lipinski definition) is 2. The van der Waals surface area contributed by atoms with Crippen molar-refractivity contribution in [3.8, 4) is 11.4 Å².